The van der Waals surface area contributed by atoms with Gasteiger partial charge in [-0.3, -0.25) is 9.36 Å². The standard InChI is InChI=1S/C27H32FN3O/c1-18(2)30-13-3-4-20(16-30)17-31-26(14-19-5-6-19)29-25-12-9-22(15-24(25)27(31)32)21-7-10-23(28)11-8-21/h7-12,15,18-20H,3-6,13-14,16-17H2,1-2H3/t20-/m0/s1. The Balaban J connectivity index is 1.53. The molecule has 2 aliphatic rings. The van der Waals surface area contributed by atoms with E-state index in [1.807, 2.05) is 22.8 Å². The van der Waals surface area contributed by atoms with E-state index in [1.54, 1.807) is 12.1 Å². The Morgan fingerprint density at radius 1 is 1.03 bits per heavy atom. The molecule has 0 bridgehead atoms. The topological polar surface area (TPSA) is 38.1 Å². The third-order valence-corrected chi connectivity index (χ3v) is 7.10. The maximum Gasteiger partial charge on any atom is 0.261 e. The molecule has 0 N–H and O–H groups in total. The highest BCUT2D eigenvalue weighted by molar-refractivity contribution is 5.83. The highest BCUT2D eigenvalue weighted by atomic mass is 19.1. The van der Waals surface area contributed by atoms with Crippen molar-refractivity contribution >= 4 is 10.9 Å². The van der Waals surface area contributed by atoms with Crippen LogP contribution in [0, 0.1) is 17.7 Å². The first-order valence-corrected chi connectivity index (χ1v) is 12.0. The predicted octanol–water partition coefficient (Wildman–Crippen LogP) is 5.28. The Morgan fingerprint density at radius 3 is 2.50 bits per heavy atom. The van der Waals surface area contributed by atoms with Crippen LogP contribution in [0.3, 0.4) is 0 Å². The van der Waals surface area contributed by atoms with Crippen molar-refractivity contribution in [2.45, 2.75) is 58.5 Å². The molecule has 1 atom stereocenters. The lowest BCUT2D eigenvalue weighted by atomic mass is 9.96. The summed E-state index contributed by atoms with van der Waals surface area (Å²) in [4.78, 5) is 21.2. The number of likely N-dealkylation sites (tertiary alicyclic amines) is 1. The van der Waals surface area contributed by atoms with Crippen LogP contribution >= 0.6 is 0 Å². The van der Waals surface area contributed by atoms with E-state index in [0.29, 0.717) is 23.3 Å². The van der Waals surface area contributed by atoms with Crippen LogP contribution < -0.4 is 5.56 Å². The molecule has 1 aromatic heterocycles. The quantitative estimate of drug-likeness (QED) is 0.531. The summed E-state index contributed by atoms with van der Waals surface area (Å²) in [7, 11) is 0. The van der Waals surface area contributed by atoms with Crippen LogP contribution in [-0.4, -0.2) is 33.6 Å². The van der Waals surface area contributed by atoms with Gasteiger partial charge in [-0.05, 0) is 93.3 Å². The van der Waals surface area contributed by atoms with Crippen molar-refractivity contribution in [2.24, 2.45) is 11.8 Å². The van der Waals surface area contributed by atoms with Crippen molar-refractivity contribution in [3.8, 4) is 11.1 Å². The first-order chi connectivity index (χ1) is 15.5. The van der Waals surface area contributed by atoms with Gasteiger partial charge in [0.05, 0.1) is 10.9 Å². The minimum Gasteiger partial charge on any atom is -0.301 e. The average molecular weight is 434 g/mol. The highest BCUT2D eigenvalue weighted by Crippen LogP contribution is 2.33. The van der Waals surface area contributed by atoms with Crippen LogP contribution in [0.15, 0.2) is 47.3 Å². The maximum atomic E-state index is 13.7. The van der Waals surface area contributed by atoms with E-state index >= 15 is 0 Å². The number of hydrogen-bond donors (Lipinski definition) is 0. The Bertz CT molecular complexity index is 1160. The third-order valence-electron chi connectivity index (χ3n) is 7.10. The van der Waals surface area contributed by atoms with Crippen LogP contribution in [0.1, 0.15) is 45.4 Å². The fraction of sp³-hybridized carbons (Fsp3) is 0.481. The van der Waals surface area contributed by atoms with E-state index in [9.17, 15) is 9.18 Å². The zero-order valence-corrected chi connectivity index (χ0v) is 19.1. The molecule has 1 aliphatic carbocycles. The molecular formula is C27H32FN3O. The summed E-state index contributed by atoms with van der Waals surface area (Å²) in [6, 6.07) is 12.8. The molecule has 168 valence electrons. The second-order valence-corrected chi connectivity index (χ2v) is 9.93. The summed E-state index contributed by atoms with van der Waals surface area (Å²) in [5.74, 6) is 1.83. The molecule has 3 aromatic rings. The van der Waals surface area contributed by atoms with E-state index in [1.165, 1.54) is 31.4 Å². The van der Waals surface area contributed by atoms with Crippen LogP contribution in [-0.2, 0) is 13.0 Å². The van der Waals surface area contributed by atoms with Gasteiger partial charge in [0.15, 0.2) is 0 Å². The molecule has 1 saturated heterocycles. The van der Waals surface area contributed by atoms with Gasteiger partial charge < -0.3 is 4.90 Å². The lowest BCUT2D eigenvalue weighted by molar-refractivity contribution is 0.129. The second kappa shape index (κ2) is 8.78. The smallest absolute Gasteiger partial charge is 0.261 e. The summed E-state index contributed by atoms with van der Waals surface area (Å²) in [6.45, 7) is 7.44. The van der Waals surface area contributed by atoms with Crippen LogP contribution in [0.25, 0.3) is 22.0 Å². The molecule has 2 fully saturated rings. The number of halogens is 1. The normalized spacial score (nSPS) is 19.7. The van der Waals surface area contributed by atoms with E-state index in [4.69, 9.17) is 4.98 Å². The SMILES string of the molecule is CC(C)N1CCC[C@H](Cn2c(CC3CC3)nc3ccc(-c4ccc(F)cc4)cc3c2=O)C1. The lowest BCUT2D eigenvalue weighted by Crippen LogP contribution is -2.42. The molecule has 2 heterocycles. The van der Waals surface area contributed by atoms with Crippen molar-refractivity contribution in [3.63, 3.8) is 0 Å². The molecule has 2 aromatic carbocycles. The molecule has 0 amide bonds. The van der Waals surface area contributed by atoms with Gasteiger partial charge in [0.25, 0.3) is 5.56 Å². The van der Waals surface area contributed by atoms with Gasteiger partial charge in [-0.2, -0.15) is 0 Å². The van der Waals surface area contributed by atoms with E-state index in [2.05, 4.69) is 18.7 Å². The molecule has 4 nitrogen and oxygen atoms in total. The number of benzene rings is 2. The second-order valence-electron chi connectivity index (χ2n) is 9.93. The number of hydrogen-bond acceptors (Lipinski definition) is 3. The predicted molar refractivity (Wildman–Crippen MR) is 127 cm³/mol. The lowest BCUT2D eigenvalue weighted by Gasteiger charge is -2.35. The number of aromatic nitrogens is 2. The monoisotopic (exact) mass is 433 g/mol. The number of nitrogens with zero attached hydrogens (tertiary/aromatic N) is 3. The van der Waals surface area contributed by atoms with Crippen LogP contribution in [0.4, 0.5) is 4.39 Å². The fourth-order valence-corrected chi connectivity index (χ4v) is 4.99. The summed E-state index contributed by atoms with van der Waals surface area (Å²) in [5, 5.41) is 0.655. The summed E-state index contributed by atoms with van der Waals surface area (Å²) < 4.78 is 15.3. The first-order valence-electron chi connectivity index (χ1n) is 12.0. The summed E-state index contributed by atoms with van der Waals surface area (Å²) >= 11 is 0. The molecule has 5 heteroatoms. The van der Waals surface area contributed by atoms with Crippen molar-refractivity contribution in [3.05, 3.63) is 64.5 Å². The Morgan fingerprint density at radius 2 is 1.78 bits per heavy atom. The van der Waals surface area contributed by atoms with E-state index in [-0.39, 0.29) is 11.4 Å². The Kier molecular flexibility index (Phi) is 5.85. The molecule has 1 aliphatic heterocycles. The van der Waals surface area contributed by atoms with Gasteiger partial charge in [-0.25, -0.2) is 9.37 Å². The van der Waals surface area contributed by atoms with Crippen molar-refractivity contribution in [2.75, 3.05) is 13.1 Å². The number of rotatable bonds is 6. The first kappa shape index (κ1) is 21.3. The average Bonchev–Trinajstić information content (AvgIpc) is 3.61. The minimum atomic E-state index is -0.258. The van der Waals surface area contributed by atoms with Gasteiger partial charge in [0.1, 0.15) is 11.6 Å². The van der Waals surface area contributed by atoms with Crippen LogP contribution in [0.2, 0.25) is 0 Å². The molecule has 0 spiro atoms. The summed E-state index contributed by atoms with van der Waals surface area (Å²) in [5.41, 5.74) is 2.65. The highest BCUT2D eigenvalue weighted by Gasteiger charge is 2.27. The van der Waals surface area contributed by atoms with E-state index in [0.717, 1.165) is 54.9 Å². The molecule has 32 heavy (non-hydrogen) atoms. The van der Waals surface area contributed by atoms with E-state index < -0.39 is 0 Å². The van der Waals surface area contributed by atoms with Gasteiger partial charge in [0.2, 0.25) is 0 Å². The third kappa shape index (κ3) is 4.49. The van der Waals surface area contributed by atoms with Gasteiger partial charge in [-0.1, -0.05) is 18.2 Å². The molecule has 1 saturated carbocycles. The molecule has 0 radical (unpaired) electrons. The maximum absolute atomic E-state index is 13.7. The molecule has 5 rings (SSSR count). The molecule has 0 unspecified atom stereocenters. The van der Waals surface area contributed by atoms with Crippen molar-refractivity contribution in [1.82, 2.24) is 14.5 Å². The zero-order valence-electron chi connectivity index (χ0n) is 19.1. The van der Waals surface area contributed by atoms with Gasteiger partial charge in [0, 0.05) is 25.6 Å². The Hall–Kier alpha value is -2.53. The van der Waals surface area contributed by atoms with Crippen molar-refractivity contribution < 1.29 is 4.39 Å². The minimum absolute atomic E-state index is 0.0660. The van der Waals surface area contributed by atoms with Crippen molar-refractivity contribution in [1.29, 1.82) is 0 Å². The number of piperidine rings is 1. The van der Waals surface area contributed by atoms with Gasteiger partial charge >= 0.3 is 0 Å². The summed E-state index contributed by atoms with van der Waals surface area (Å²) in [6.07, 6.45) is 5.72. The molecular weight excluding hydrogens is 401 g/mol. The number of fused-ring (bicyclic) bond motifs is 1. The Labute approximate surface area is 189 Å². The fourth-order valence-electron chi connectivity index (χ4n) is 4.99. The largest absolute Gasteiger partial charge is 0.301 e. The zero-order chi connectivity index (χ0) is 22.2. The van der Waals surface area contributed by atoms with Crippen LogP contribution in [0.5, 0.6) is 0 Å². The van der Waals surface area contributed by atoms with Gasteiger partial charge in [-0.15, -0.1) is 0 Å².